The van der Waals surface area contributed by atoms with Gasteiger partial charge < -0.3 is 9.73 Å². The van der Waals surface area contributed by atoms with Crippen molar-refractivity contribution in [2.24, 2.45) is 0 Å². The van der Waals surface area contributed by atoms with Crippen molar-refractivity contribution in [1.82, 2.24) is 10.3 Å². The van der Waals surface area contributed by atoms with E-state index in [0.717, 1.165) is 54.1 Å². The van der Waals surface area contributed by atoms with E-state index in [0.29, 0.717) is 28.9 Å². The number of rotatable bonds is 11. The Morgan fingerprint density at radius 2 is 1.85 bits per heavy atom. The number of carbonyl (C=O) groups excluding carboxylic acids is 1. The molecule has 2 heterocycles. The van der Waals surface area contributed by atoms with Crippen molar-refractivity contribution >= 4 is 48.8 Å². The summed E-state index contributed by atoms with van der Waals surface area (Å²) in [6, 6.07) is 9.59. The summed E-state index contributed by atoms with van der Waals surface area (Å²) in [6.07, 6.45) is 5.42. The van der Waals surface area contributed by atoms with Gasteiger partial charge in [0.05, 0.1) is 16.7 Å². The zero-order chi connectivity index (χ0) is 24.3. The van der Waals surface area contributed by atoms with E-state index in [1.165, 1.54) is 0 Å². The predicted molar refractivity (Wildman–Crippen MR) is 139 cm³/mol. The van der Waals surface area contributed by atoms with E-state index in [1.54, 1.807) is 7.05 Å². The van der Waals surface area contributed by atoms with Crippen molar-refractivity contribution in [2.75, 3.05) is 22.9 Å². The lowest BCUT2D eigenvalue weighted by Gasteiger charge is -2.11. The highest BCUT2D eigenvalue weighted by Crippen LogP contribution is 2.45. The molecular formula is C25H30BrN3O4S. The summed E-state index contributed by atoms with van der Waals surface area (Å²) in [4.78, 5) is 17.4. The van der Waals surface area contributed by atoms with E-state index in [9.17, 15) is 13.2 Å². The Morgan fingerprint density at radius 3 is 2.50 bits per heavy atom. The molecule has 0 bridgehead atoms. The van der Waals surface area contributed by atoms with Crippen LogP contribution >= 0.6 is 15.9 Å². The molecule has 0 unspecified atom stereocenters. The van der Waals surface area contributed by atoms with Crippen LogP contribution in [0.25, 0.3) is 22.4 Å². The first-order chi connectivity index (χ1) is 16.3. The van der Waals surface area contributed by atoms with Gasteiger partial charge in [0.15, 0.2) is 0 Å². The van der Waals surface area contributed by atoms with Gasteiger partial charge in [0, 0.05) is 17.9 Å². The number of unbranched alkanes of at least 4 members (excludes halogenated alkanes) is 3. The minimum atomic E-state index is -3.55. The number of nitrogens with zero attached hydrogens (tertiary/aromatic N) is 1. The van der Waals surface area contributed by atoms with E-state index in [1.807, 2.05) is 37.3 Å². The molecule has 2 N–H and O–H groups in total. The van der Waals surface area contributed by atoms with Crippen molar-refractivity contribution in [1.29, 1.82) is 0 Å². The number of aryl methyl sites for hydroxylation is 1. The van der Waals surface area contributed by atoms with Crippen LogP contribution in [0.3, 0.4) is 0 Å². The minimum Gasteiger partial charge on any atom is -0.437 e. The van der Waals surface area contributed by atoms with Gasteiger partial charge in [-0.1, -0.05) is 58.6 Å². The number of halogens is 1. The number of furan rings is 1. The molecule has 1 saturated carbocycles. The van der Waals surface area contributed by atoms with Crippen molar-refractivity contribution in [3.05, 3.63) is 47.0 Å². The van der Waals surface area contributed by atoms with Crippen LogP contribution < -0.4 is 10.0 Å². The first-order valence-electron chi connectivity index (χ1n) is 11.7. The summed E-state index contributed by atoms with van der Waals surface area (Å²) in [7, 11) is -1.97. The normalized spacial score (nSPS) is 13.9. The van der Waals surface area contributed by atoms with Crippen LogP contribution in [0.2, 0.25) is 0 Å². The monoisotopic (exact) mass is 547 g/mol. The molecule has 7 nitrogen and oxygen atoms in total. The largest absolute Gasteiger partial charge is 0.437 e. The number of pyridine rings is 1. The van der Waals surface area contributed by atoms with Gasteiger partial charge in [0.25, 0.3) is 5.91 Å². The lowest BCUT2D eigenvalue weighted by molar-refractivity contribution is 0.0964. The van der Waals surface area contributed by atoms with E-state index in [4.69, 9.17) is 4.42 Å². The summed E-state index contributed by atoms with van der Waals surface area (Å²) in [5.74, 6) is 0.743. The maximum absolute atomic E-state index is 12.8. The third kappa shape index (κ3) is 5.63. The van der Waals surface area contributed by atoms with Gasteiger partial charge in [0.1, 0.15) is 11.6 Å². The first kappa shape index (κ1) is 24.7. The standard InChI is InChI=1S/C25H30BrN3O4S/c1-16-7-9-18(10-8-16)22-21(24(30)27-2)20-15-19(17-11-12-17)23(28-25(20)33-22)29-34(31,32)14-6-4-3-5-13-26/h7-10,15,17H,3-6,11-14H2,1-2H3,(H,27,30)(H,28,29). The van der Waals surface area contributed by atoms with Gasteiger partial charge in [-0.3, -0.25) is 9.52 Å². The molecule has 0 saturated heterocycles. The quantitative estimate of drug-likeness (QED) is 0.235. The molecule has 4 rings (SSSR count). The van der Waals surface area contributed by atoms with Crippen LogP contribution in [0.1, 0.15) is 65.9 Å². The zero-order valence-electron chi connectivity index (χ0n) is 19.5. The maximum atomic E-state index is 12.8. The molecule has 3 aromatic rings. The Morgan fingerprint density at radius 1 is 1.15 bits per heavy atom. The molecule has 1 aliphatic rings. The summed E-state index contributed by atoms with van der Waals surface area (Å²) >= 11 is 3.40. The van der Waals surface area contributed by atoms with Crippen LogP contribution in [0.5, 0.6) is 0 Å². The Bertz CT molecular complexity index is 1280. The van der Waals surface area contributed by atoms with Crippen molar-refractivity contribution in [3.8, 4) is 11.3 Å². The Labute approximate surface area is 208 Å². The van der Waals surface area contributed by atoms with Crippen LogP contribution in [0.15, 0.2) is 34.7 Å². The molecule has 1 aromatic carbocycles. The smallest absolute Gasteiger partial charge is 0.255 e. The third-order valence-electron chi connectivity index (χ3n) is 6.05. The number of hydrogen-bond donors (Lipinski definition) is 2. The molecule has 2 aromatic heterocycles. The van der Waals surface area contributed by atoms with Gasteiger partial charge in [-0.25, -0.2) is 8.42 Å². The van der Waals surface area contributed by atoms with Crippen LogP contribution in [-0.2, 0) is 10.0 Å². The highest BCUT2D eigenvalue weighted by molar-refractivity contribution is 9.09. The highest BCUT2D eigenvalue weighted by Gasteiger charge is 2.31. The fraction of sp³-hybridized carbons (Fsp3) is 0.440. The molecule has 1 aliphatic carbocycles. The minimum absolute atomic E-state index is 0.0510. The van der Waals surface area contributed by atoms with Crippen molar-refractivity contribution in [2.45, 2.75) is 51.4 Å². The van der Waals surface area contributed by atoms with Crippen molar-refractivity contribution in [3.63, 3.8) is 0 Å². The van der Waals surface area contributed by atoms with Gasteiger partial charge in [0.2, 0.25) is 15.7 Å². The second-order valence-electron chi connectivity index (χ2n) is 8.83. The van der Waals surface area contributed by atoms with E-state index in [-0.39, 0.29) is 23.3 Å². The second kappa shape index (κ2) is 10.5. The Balaban J connectivity index is 1.72. The molecule has 0 radical (unpaired) electrons. The lowest BCUT2D eigenvalue weighted by Crippen LogP contribution is -2.19. The number of amides is 1. The van der Waals surface area contributed by atoms with E-state index < -0.39 is 10.0 Å². The van der Waals surface area contributed by atoms with Crippen LogP contribution in [0.4, 0.5) is 5.82 Å². The molecule has 182 valence electrons. The fourth-order valence-electron chi connectivity index (χ4n) is 4.02. The number of anilines is 1. The van der Waals surface area contributed by atoms with E-state index in [2.05, 4.69) is 31.0 Å². The number of carbonyl (C=O) groups is 1. The molecule has 1 amide bonds. The van der Waals surface area contributed by atoms with Gasteiger partial charge in [-0.2, -0.15) is 4.98 Å². The van der Waals surface area contributed by atoms with Gasteiger partial charge in [-0.15, -0.1) is 0 Å². The third-order valence-corrected chi connectivity index (χ3v) is 7.94. The molecule has 1 fully saturated rings. The average molecular weight is 549 g/mol. The highest BCUT2D eigenvalue weighted by atomic mass is 79.9. The summed E-state index contributed by atoms with van der Waals surface area (Å²) in [5.41, 5.74) is 3.34. The summed E-state index contributed by atoms with van der Waals surface area (Å²) in [6.45, 7) is 1.99. The topological polar surface area (TPSA) is 101 Å². The first-order valence-corrected chi connectivity index (χ1v) is 14.4. The summed E-state index contributed by atoms with van der Waals surface area (Å²) < 4.78 is 34.4. The van der Waals surface area contributed by atoms with Crippen LogP contribution in [-0.4, -0.2) is 37.4 Å². The number of nitrogens with one attached hydrogen (secondary N) is 2. The molecule has 0 atom stereocenters. The Hall–Kier alpha value is -2.39. The molecule has 0 aliphatic heterocycles. The molecular weight excluding hydrogens is 518 g/mol. The fourth-order valence-corrected chi connectivity index (χ4v) is 5.56. The second-order valence-corrected chi connectivity index (χ2v) is 11.5. The zero-order valence-corrected chi connectivity index (χ0v) is 21.9. The molecule has 34 heavy (non-hydrogen) atoms. The number of alkyl halides is 1. The number of benzene rings is 1. The number of sulfonamides is 1. The van der Waals surface area contributed by atoms with E-state index >= 15 is 0 Å². The predicted octanol–water partition coefficient (Wildman–Crippen LogP) is 5.74. The number of fused-ring (bicyclic) bond motifs is 1. The number of hydrogen-bond acceptors (Lipinski definition) is 5. The van der Waals surface area contributed by atoms with Gasteiger partial charge >= 0.3 is 0 Å². The maximum Gasteiger partial charge on any atom is 0.255 e. The summed E-state index contributed by atoms with van der Waals surface area (Å²) in [5, 5.41) is 4.22. The molecule has 0 spiro atoms. The van der Waals surface area contributed by atoms with Crippen molar-refractivity contribution < 1.29 is 17.6 Å². The van der Waals surface area contributed by atoms with Crippen LogP contribution in [0, 0.1) is 6.92 Å². The molecule has 9 heteroatoms. The van der Waals surface area contributed by atoms with Gasteiger partial charge in [-0.05, 0) is 50.2 Å². The Kier molecular flexibility index (Phi) is 7.62. The lowest BCUT2D eigenvalue weighted by atomic mass is 10.0. The SMILES string of the molecule is CNC(=O)c1c(-c2ccc(C)cc2)oc2nc(NS(=O)(=O)CCCCCCBr)c(C3CC3)cc12. The average Bonchev–Trinajstić information content (AvgIpc) is 3.59. The number of aromatic nitrogens is 1.